The van der Waals surface area contributed by atoms with Gasteiger partial charge < -0.3 is 28.4 Å². The topological polar surface area (TPSA) is 89.5 Å². The summed E-state index contributed by atoms with van der Waals surface area (Å²) in [6.07, 6.45) is -2.73. The Morgan fingerprint density at radius 1 is 0.821 bits per heavy atom. The van der Waals surface area contributed by atoms with E-state index in [2.05, 4.69) is 0 Å². The number of ether oxygens (including phenoxy) is 6. The van der Waals surface area contributed by atoms with Gasteiger partial charge in [-0.25, -0.2) is 9.59 Å². The second-order valence-electron chi connectivity index (χ2n) is 10.00. The van der Waals surface area contributed by atoms with Crippen molar-refractivity contribution in [2.24, 2.45) is 0 Å². The number of carbonyl (C=O) groups excluding carboxylic acids is 2. The Kier molecular flexibility index (Phi) is 8.38. The average Bonchev–Trinajstić information content (AvgIpc) is 3.42. The molecule has 0 aliphatic carbocycles. The van der Waals surface area contributed by atoms with Crippen molar-refractivity contribution in [2.75, 3.05) is 6.61 Å². The Morgan fingerprint density at radius 2 is 1.41 bits per heavy atom. The molecule has 0 aromatic heterocycles. The summed E-state index contributed by atoms with van der Waals surface area (Å²) in [7, 11) is 0. The van der Waals surface area contributed by atoms with Crippen molar-refractivity contribution in [1.82, 2.24) is 0 Å². The number of esters is 2. The molecule has 2 fully saturated rings. The first-order valence-electron chi connectivity index (χ1n) is 13.0. The van der Waals surface area contributed by atoms with Crippen molar-refractivity contribution in [3.63, 3.8) is 0 Å². The van der Waals surface area contributed by atoms with E-state index in [0.29, 0.717) is 17.7 Å². The molecule has 2 aliphatic heterocycles. The van der Waals surface area contributed by atoms with Crippen molar-refractivity contribution in [1.29, 1.82) is 0 Å². The number of hydrogen-bond acceptors (Lipinski definition) is 8. The molecule has 0 bridgehead atoms. The summed E-state index contributed by atoms with van der Waals surface area (Å²) in [6.45, 7) is 3.84. The van der Waals surface area contributed by atoms with Crippen LogP contribution in [0.4, 0.5) is 0 Å². The zero-order valence-corrected chi connectivity index (χ0v) is 21.9. The predicted octanol–water partition coefficient (Wildman–Crippen LogP) is 4.92. The minimum absolute atomic E-state index is 0.153. The van der Waals surface area contributed by atoms with Gasteiger partial charge in [-0.15, -0.1) is 0 Å². The molecule has 2 aliphatic rings. The van der Waals surface area contributed by atoms with Crippen LogP contribution in [0.5, 0.6) is 0 Å². The molecule has 2 unspecified atom stereocenters. The van der Waals surface area contributed by atoms with E-state index in [0.717, 1.165) is 5.56 Å². The second-order valence-corrected chi connectivity index (χ2v) is 10.00. The molecule has 3 aromatic rings. The summed E-state index contributed by atoms with van der Waals surface area (Å²) in [5, 5.41) is 0. The highest BCUT2D eigenvalue weighted by Gasteiger charge is 2.55. The van der Waals surface area contributed by atoms with E-state index in [4.69, 9.17) is 28.4 Å². The molecule has 0 saturated carbocycles. The quantitative estimate of drug-likeness (QED) is 0.340. The molecule has 5 atom stereocenters. The van der Waals surface area contributed by atoms with Crippen LogP contribution < -0.4 is 0 Å². The van der Waals surface area contributed by atoms with Crippen LogP contribution in [-0.4, -0.2) is 55.0 Å². The van der Waals surface area contributed by atoms with Gasteiger partial charge in [0, 0.05) is 6.42 Å². The molecule has 3 aromatic carbocycles. The number of carbonyl (C=O) groups is 2. The lowest BCUT2D eigenvalue weighted by atomic mass is 10.0. The van der Waals surface area contributed by atoms with Crippen molar-refractivity contribution < 1.29 is 38.0 Å². The maximum absolute atomic E-state index is 12.9. The van der Waals surface area contributed by atoms with Gasteiger partial charge in [0.25, 0.3) is 0 Å². The van der Waals surface area contributed by atoms with Gasteiger partial charge in [0.05, 0.1) is 23.8 Å². The Balaban J connectivity index is 1.31. The van der Waals surface area contributed by atoms with Crippen LogP contribution in [0.3, 0.4) is 0 Å². The SMILES string of the molecule is CC1(C)OC2[C@H](O[C@H](CC(COC(=O)c3ccccc3)OC(=O)c3ccccc3)[C@@H]2OCc2ccccc2)O1. The van der Waals surface area contributed by atoms with Crippen LogP contribution >= 0.6 is 0 Å². The lowest BCUT2D eigenvalue weighted by Gasteiger charge is -2.28. The fourth-order valence-electron chi connectivity index (χ4n) is 4.73. The normalized spacial score (nSPS) is 24.1. The lowest BCUT2D eigenvalue weighted by molar-refractivity contribution is -0.222. The summed E-state index contributed by atoms with van der Waals surface area (Å²) < 4.78 is 36.0. The van der Waals surface area contributed by atoms with Crippen molar-refractivity contribution >= 4 is 11.9 Å². The molecular formula is C31H32O8. The van der Waals surface area contributed by atoms with E-state index < -0.39 is 48.4 Å². The molecule has 0 radical (unpaired) electrons. The van der Waals surface area contributed by atoms with Crippen LogP contribution in [0.25, 0.3) is 0 Å². The zero-order valence-electron chi connectivity index (χ0n) is 21.9. The monoisotopic (exact) mass is 532 g/mol. The number of benzene rings is 3. The van der Waals surface area contributed by atoms with E-state index in [-0.39, 0.29) is 13.0 Å². The van der Waals surface area contributed by atoms with Crippen molar-refractivity contribution in [3.8, 4) is 0 Å². The molecule has 0 spiro atoms. The average molecular weight is 533 g/mol. The predicted molar refractivity (Wildman–Crippen MR) is 141 cm³/mol. The molecule has 0 amide bonds. The summed E-state index contributed by atoms with van der Waals surface area (Å²) in [4.78, 5) is 25.6. The fraction of sp³-hybridized carbons (Fsp3) is 0.355. The van der Waals surface area contributed by atoms with Gasteiger partial charge in [0.2, 0.25) is 0 Å². The second kappa shape index (κ2) is 12.1. The minimum Gasteiger partial charge on any atom is -0.458 e. The third kappa shape index (κ3) is 6.91. The first-order chi connectivity index (χ1) is 18.9. The highest BCUT2D eigenvalue weighted by Crippen LogP contribution is 2.40. The Hall–Kier alpha value is -3.56. The summed E-state index contributed by atoms with van der Waals surface area (Å²) in [5.41, 5.74) is 1.80. The molecule has 204 valence electrons. The van der Waals surface area contributed by atoms with Gasteiger partial charge in [0.15, 0.2) is 12.1 Å². The molecule has 8 nitrogen and oxygen atoms in total. The van der Waals surface area contributed by atoms with Gasteiger partial charge in [-0.3, -0.25) is 0 Å². The van der Waals surface area contributed by atoms with E-state index >= 15 is 0 Å². The highest BCUT2D eigenvalue weighted by molar-refractivity contribution is 5.90. The molecule has 8 heteroatoms. The first kappa shape index (κ1) is 27.0. The lowest BCUT2D eigenvalue weighted by Crippen LogP contribution is -2.40. The summed E-state index contributed by atoms with van der Waals surface area (Å²) in [6, 6.07) is 27.1. The van der Waals surface area contributed by atoms with Gasteiger partial charge in [-0.2, -0.15) is 0 Å². The van der Waals surface area contributed by atoms with E-state index in [1.165, 1.54) is 0 Å². The van der Waals surface area contributed by atoms with Gasteiger partial charge in [-0.05, 0) is 43.7 Å². The van der Waals surface area contributed by atoms with Crippen molar-refractivity contribution in [3.05, 3.63) is 108 Å². The number of rotatable bonds is 10. The molecular weight excluding hydrogens is 500 g/mol. The number of hydrogen-bond donors (Lipinski definition) is 0. The summed E-state index contributed by atoms with van der Waals surface area (Å²) in [5.74, 6) is -1.85. The van der Waals surface area contributed by atoms with Crippen molar-refractivity contribution in [2.45, 2.75) is 63.4 Å². The third-order valence-electron chi connectivity index (χ3n) is 6.56. The van der Waals surface area contributed by atoms with Crippen LogP contribution in [0, 0.1) is 0 Å². The molecule has 2 saturated heterocycles. The maximum atomic E-state index is 12.9. The van der Waals surface area contributed by atoms with Gasteiger partial charge in [0.1, 0.15) is 24.9 Å². The highest BCUT2D eigenvalue weighted by atomic mass is 16.8. The van der Waals surface area contributed by atoms with Crippen LogP contribution in [0.2, 0.25) is 0 Å². The third-order valence-corrected chi connectivity index (χ3v) is 6.56. The Morgan fingerprint density at radius 3 is 2.05 bits per heavy atom. The zero-order chi connectivity index (χ0) is 27.2. The molecule has 5 rings (SSSR count). The smallest absolute Gasteiger partial charge is 0.338 e. The Labute approximate surface area is 227 Å². The largest absolute Gasteiger partial charge is 0.458 e. The standard InChI is InChI=1S/C31H32O8/c1-31(2)38-27-26(34-19-21-12-6-3-7-13-21)25(37-30(27)39-31)18-24(36-29(33)23-16-10-5-11-17-23)20-35-28(32)22-14-8-4-9-15-22/h3-17,24-27,30H,18-20H2,1-2H3/t24?,25-,26+,27?,30-/m1/s1. The van der Waals surface area contributed by atoms with Crippen LogP contribution in [0.1, 0.15) is 46.5 Å². The minimum atomic E-state index is -0.820. The maximum Gasteiger partial charge on any atom is 0.338 e. The summed E-state index contributed by atoms with van der Waals surface area (Å²) >= 11 is 0. The van der Waals surface area contributed by atoms with E-state index in [9.17, 15) is 9.59 Å². The van der Waals surface area contributed by atoms with E-state index in [1.807, 2.05) is 56.3 Å². The first-order valence-corrected chi connectivity index (χ1v) is 13.0. The van der Waals surface area contributed by atoms with Crippen LogP contribution in [0.15, 0.2) is 91.0 Å². The number of fused-ring (bicyclic) bond motifs is 1. The van der Waals surface area contributed by atoms with Crippen LogP contribution in [-0.2, 0) is 35.0 Å². The Bertz CT molecular complexity index is 1230. The fourth-order valence-corrected chi connectivity index (χ4v) is 4.73. The molecule has 0 N–H and O–H groups in total. The van der Waals surface area contributed by atoms with Gasteiger partial charge in [-0.1, -0.05) is 66.7 Å². The van der Waals surface area contributed by atoms with Gasteiger partial charge >= 0.3 is 11.9 Å². The van der Waals surface area contributed by atoms with E-state index in [1.54, 1.807) is 48.5 Å². The molecule has 2 heterocycles. The molecule has 39 heavy (non-hydrogen) atoms.